The van der Waals surface area contributed by atoms with Gasteiger partial charge >= 0.3 is 5.69 Å². The van der Waals surface area contributed by atoms with Crippen LogP contribution in [0.15, 0.2) is 34.2 Å². The molecule has 0 atom stereocenters. The van der Waals surface area contributed by atoms with E-state index in [0.29, 0.717) is 6.54 Å². The Kier molecular flexibility index (Phi) is 4.60. The molecule has 21 heavy (non-hydrogen) atoms. The van der Waals surface area contributed by atoms with Crippen molar-refractivity contribution < 1.29 is 4.79 Å². The van der Waals surface area contributed by atoms with Gasteiger partial charge in [-0.3, -0.25) is 14.6 Å². The van der Waals surface area contributed by atoms with Crippen LogP contribution in [-0.2, 0) is 17.9 Å². The smallest absolute Gasteiger partial charge is 0.328 e. The second-order valence-electron chi connectivity index (χ2n) is 4.48. The van der Waals surface area contributed by atoms with Crippen molar-refractivity contribution >= 4 is 5.91 Å². The Morgan fingerprint density at radius 3 is 2.90 bits per heavy atom. The Morgan fingerprint density at radius 2 is 2.19 bits per heavy atom. The predicted octanol–water partition coefficient (Wildman–Crippen LogP) is -0.658. The van der Waals surface area contributed by atoms with Crippen molar-refractivity contribution in [3.63, 3.8) is 0 Å². The van der Waals surface area contributed by atoms with Gasteiger partial charge in [0.05, 0.1) is 12.2 Å². The molecule has 0 aromatic carbocycles. The summed E-state index contributed by atoms with van der Waals surface area (Å²) in [6.45, 7) is 2.35. The van der Waals surface area contributed by atoms with Crippen LogP contribution in [-0.4, -0.2) is 25.4 Å². The molecule has 8 nitrogen and oxygen atoms in total. The molecule has 2 heterocycles. The number of nitrogens with zero attached hydrogens (tertiary/aromatic N) is 3. The van der Waals surface area contributed by atoms with E-state index in [2.05, 4.69) is 20.3 Å². The summed E-state index contributed by atoms with van der Waals surface area (Å²) in [5.74, 6) is -0.204. The van der Waals surface area contributed by atoms with Crippen LogP contribution < -0.4 is 16.6 Å². The lowest BCUT2D eigenvalue weighted by atomic mass is 10.3. The fourth-order valence-corrected chi connectivity index (χ4v) is 1.73. The molecule has 0 spiro atoms. The van der Waals surface area contributed by atoms with Crippen LogP contribution in [0, 0.1) is 6.92 Å². The molecule has 2 aromatic heterocycles. The van der Waals surface area contributed by atoms with Crippen molar-refractivity contribution in [1.82, 2.24) is 24.8 Å². The average molecular weight is 289 g/mol. The first kappa shape index (κ1) is 14.6. The Morgan fingerprint density at radius 1 is 1.38 bits per heavy atom. The highest BCUT2D eigenvalue weighted by Gasteiger charge is 2.04. The van der Waals surface area contributed by atoms with E-state index in [0.717, 1.165) is 11.4 Å². The molecule has 0 bridgehead atoms. The van der Waals surface area contributed by atoms with Gasteiger partial charge in [0.1, 0.15) is 6.33 Å². The summed E-state index contributed by atoms with van der Waals surface area (Å²) in [4.78, 5) is 44.2. The molecule has 0 unspecified atom stereocenters. The molecule has 0 saturated carbocycles. The highest BCUT2D eigenvalue weighted by atomic mass is 16.2. The third kappa shape index (κ3) is 4.37. The van der Waals surface area contributed by atoms with Gasteiger partial charge in [-0.2, -0.15) is 0 Å². The third-order valence-corrected chi connectivity index (χ3v) is 2.80. The maximum absolute atomic E-state index is 11.7. The Bertz CT molecular complexity index is 750. The number of aryl methyl sites for hydroxylation is 2. The quantitative estimate of drug-likeness (QED) is 0.759. The van der Waals surface area contributed by atoms with Crippen LogP contribution in [0.4, 0.5) is 0 Å². The second-order valence-corrected chi connectivity index (χ2v) is 4.48. The van der Waals surface area contributed by atoms with E-state index in [1.54, 1.807) is 6.07 Å². The fraction of sp³-hybridized carbons (Fsp3) is 0.308. The number of hydrogen-bond donors (Lipinski definition) is 2. The van der Waals surface area contributed by atoms with E-state index in [1.165, 1.54) is 23.2 Å². The van der Waals surface area contributed by atoms with Crippen LogP contribution in [0.5, 0.6) is 0 Å². The molecule has 0 aliphatic carbocycles. The van der Waals surface area contributed by atoms with Crippen molar-refractivity contribution in [2.45, 2.75) is 26.4 Å². The first-order valence-corrected chi connectivity index (χ1v) is 6.38. The summed E-state index contributed by atoms with van der Waals surface area (Å²) in [6, 6.07) is 3.02. The Labute approximate surface area is 119 Å². The van der Waals surface area contributed by atoms with Gasteiger partial charge < -0.3 is 9.88 Å². The molecular weight excluding hydrogens is 274 g/mol. The minimum absolute atomic E-state index is 0.135. The largest absolute Gasteiger partial charge is 0.350 e. The van der Waals surface area contributed by atoms with Crippen molar-refractivity contribution in [1.29, 1.82) is 0 Å². The predicted molar refractivity (Wildman–Crippen MR) is 74.6 cm³/mol. The van der Waals surface area contributed by atoms with Crippen LogP contribution in [0.3, 0.4) is 0 Å². The topological polar surface area (TPSA) is 110 Å². The minimum atomic E-state index is -0.526. The molecule has 0 fully saturated rings. The number of nitrogens with one attached hydrogen (secondary N) is 2. The molecular formula is C13H15N5O3. The zero-order chi connectivity index (χ0) is 15.2. The zero-order valence-corrected chi connectivity index (χ0v) is 11.5. The summed E-state index contributed by atoms with van der Waals surface area (Å²) in [5.41, 5.74) is 0.563. The second kappa shape index (κ2) is 6.60. The molecule has 8 heteroatoms. The van der Waals surface area contributed by atoms with Gasteiger partial charge in [-0.25, -0.2) is 14.8 Å². The van der Waals surface area contributed by atoms with Crippen LogP contribution in [0.25, 0.3) is 0 Å². The summed E-state index contributed by atoms with van der Waals surface area (Å²) in [7, 11) is 0. The Balaban J connectivity index is 1.85. The molecule has 1 amide bonds. The number of H-pyrrole nitrogens is 1. The lowest BCUT2D eigenvalue weighted by molar-refractivity contribution is -0.121. The average Bonchev–Trinajstić information content (AvgIpc) is 2.44. The fourth-order valence-electron chi connectivity index (χ4n) is 1.73. The SMILES string of the molecule is Cc1cc(CNC(=O)CCn2ccc(=O)[nH]c2=O)ncn1. The van der Waals surface area contributed by atoms with E-state index < -0.39 is 11.2 Å². The van der Waals surface area contributed by atoms with E-state index in [1.807, 2.05) is 6.92 Å². The number of carbonyl (C=O) groups excluding carboxylic acids is 1. The molecule has 0 saturated heterocycles. The number of hydrogen-bond acceptors (Lipinski definition) is 5. The first-order valence-electron chi connectivity index (χ1n) is 6.38. The van der Waals surface area contributed by atoms with Crippen LogP contribution in [0.2, 0.25) is 0 Å². The van der Waals surface area contributed by atoms with E-state index in [-0.39, 0.29) is 18.9 Å². The number of rotatable bonds is 5. The highest BCUT2D eigenvalue weighted by molar-refractivity contribution is 5.75. The van der Waals surface area contributed by atoms with Gasteiger partial charge in [0, 0.05) is 30.9 Å². The van der Waals surface area contributed by atoms with E-state index in [4.69, 9.17) is 0 Å². The van der Waals surface area contributed by atoms with Crippen LogP contribution >= 0.6 is 0 Å². The van der Waals surface area contributed by atoms with E-state index in [9.17, 15) is 14.4 Å². The molecule has 2 aromatic rings. The number of aromatic amines is 1. The van der Waals surface area contributed by atoms with Gasteiger partial charge in [-0.1, -0.05) is 0 Å². The lowest BCUT2D eigenvalue weighted by Gasteiger charge is -2.06. The highest BCUT2D eigenvalue weighted by Crippen LogP contribution is 1.96. The normalized spacial score (nSPS) is 10.3. The van der Waals surface area contributed by atoms with Gasteiger partial charge in [-0.15, -0.1) is 0 Å². The molecule has 0 aliphatic rings. The maximum Gasteiger partial charge on any atom is 0.328 e. The number of amides is 1. The molecule has 2 N–H and O–H groups in total. The van der Waals surface area contributed by atoms with Crippen molar-refractivity contribution in [2.24, 2.45) is 0 Å². The maximum atomic E-state index is 11.7. The molecule has 0 aliphatic heterocycles. The Hall–Kier alpha value is -2.77. The summed E-state index contributed by atoms with van der Waals surface area (Å²) in [5, 5.41) is 2.71. The zero-order valence-electron chi connectivity index (χ0n) is 11.5. The van der Waals surface area contributed by atoms with Gasteiger partial charge in [-0.05, 0) is 13.0 Å². The van der Waals surface area contributed by atoms with Gasteiger partial charge in [0.2, 0.25) is 5.91 Å². The van der Waals surface area contributed by atoms with Gasteiger partial charge in [0.15, 0.2) is 0 Å². The van der Waals surface area contributed by atoms with Crippen molar-refractivity contribution in [3.8, 4) is 0 Å². The lowest BCUT2D eigenvalue weighted by Crippen LogP contribution is -2.31. The first-order chi connectivity index (χ1) is 10.0. The van der Waals surface area contributed by atoms with Crippen LogP contribution in [0.1, 0.15) is 17.8 Å². The summed E-state index contributed by atoms with van der Waals surface area (Å²) < 4.78 is 1.27. The van der Waals surface area contributed by atoms with Gasteiger partial charge in [0.25, 0.3) is 5.56 Å². The molecule has 0 radical (unpaired) electrons. The number of aromatic nitrogens is 4. The molecule has 2 rings (SSSR count). The monoisotopic (exact) mass is 289 g/mol. The molecule has 110 valence electrons. The van der Waals surface area contributed by atoms with Crippen molar-refractivity contribution in [2.75, 3.05) is 0 Å². The summed E-state index contributed by atoms with van der Waals surface area (Å²) >= 11 is 0. The van der Waals surface area contributed by atoms with E-state index >= 15 is 0 Å². The minimum Gasteiger partial charge on any atom is -0.350 e. The van der Waals surface area contributed by atoms with Crippen molar-refractivity contribution in [3.05, 3.63) is 56.9 Å². The standard InChI is InChI=1S/C13H15N5O3/c1-9-6-10(16-8-15-9)7-14-11(19)2-4-18-5-3-12(20)17-13(18)21/h3,5-6,8H,2,4,7H2,1H3,(H,14,19)(H,17,20,21). The third-order valence-electron chi connectivity index (χ3n) is 2.80. The summed E-state index contributed by atoms with van der Waals surface area (Å²) in [6.07, 6.45) is 2.94. The number of carbonyl (C=O) groups is 1.